The van der Waals surface area contributed by atoms with Gasteiger partial charge in [-0.2, -0.15) is 0 Å². The van der Waals surface area contributed by atoms with Crippen molar-refractivity contribution in [3.05, 3.63) is 175 Å². The maximum absolute atomic E-state index is 6.45. The second-order valence-corrected chi connectivity index (χ2v) is 14.0. The van der Waals surface area contributed by atoms with Crippen molar-refractivity contribution in [3.8, 4) is 67.5 Å². The van der Waals surface area contributed by atoms with Crippen molar-refractivity contribution in [1.82, 2.24) is 15.0 Å². The summed E-state index contributed by atoms with van der Waals surface area (Å²) >= 11 is 0. The molecule has 10 rings (SSSR count). The molecule has 4 nitrogen and oxygen atoms in total. The molecule has 52 heavy (non-hydrogen) atoms. The number of para-hydroxylation sites is 2. The van der Waals surface area contributed by atoms with Crippen LogP contribution in [0.25, 0.3) is 89.5 Å². The molecule has 0 saturated heterocycles. The molecule has 2 aromatic heterocycles. The summed E-state index contributed by atoms with van der Waals surface area (Å²) in [5.41, 5.74) is 14.1. The maximum Gasteiger partial charge on any atom is 0.167 e. The van der Waals surface area contributed by atoms with Crippen molar-refractivity contribution in [1.29, 1.82) is 0 Å². The Kier molecular flexibility index (Phi) is 6.80. The van der Waals surface area contributed by atoms with E-state index in [1.165, 1.54) is 27.8 Å². The topological polar surface area (TPSA) is 51.8 Å². The second-order valence-electron chi connectivity index (χ2n) is 14.0. The van der Waals surface area contributed by atoms with Crippen LogP contribution in [0.2, 0.25) is 0 Å². The van der Waals surface area contributed by atoms with E-state index in [0.29, 0.717) is 17.5 Å². The molecule has 0 N–H and O–H groups in total. The van der Waals surface area contributed by atoms with Gasteiger partial charge in [0.05, 0.1) is 5.56 Å². The summed E-state index contributed by atoms with van der Waals surface area (Å²) in [6.07, 6.45) is 0. The molecule has 0 atom stereocenters. The molecule has 0 spiro atoms. The zero-order chi connectivity index (χ0) is 34.8. The first kappa shape index (κ1) is 30.2. The fourth-order valence-corrected chi connectivity index (χ4v) is 7.93. The number of rotatable bonds is 5. The summed E-state index contributed by atoms with van der Waals surface area (Å²) in [4.78, 5) is 15.4. The molecule has 4 heteroatoms. The minimum Gasteiger partial charge on any atom is -0.455 e. The van der Waals surface area contributed by atoms with Crippen LogP contribution >= 0.6 is 0 Å². The third-order valence-electron chi connectivity index (χ3n) is 10.6. The normalized spacial score (nSPS) is 13.0. The van der Waals surface area contributed by atoms with Crippen molar-refractivity contribution in [2.75, 3.05) is 0 Å². The van der Waals surface area contributed by atoms with E-state index in [9.17, 15) is 0 Å². The molecular formula is C48H33N3O. The van der Waals surface area contributed by atoms with Crippen molar-refractivity contribution in [3.63, 3.8) is 0 Å². The lowest BCUT2D eigenvalue weighted by Crippen LogP contribution is -2.14. The Hall–Kier alpha value is -6.65. The molecule has 1 aliphatic rings. The van der Waals surface area contributed by atoms with Gasteiger partial charge in [0.25, 0.3) is 0 Å². The highest BCUT2D eigenvalue weighted by Crippen LogP contribution is 2.49. The van der Waals surface area contributed by atoms with E-state index >= 15 is 0 Å². The number of benzene rings is 7. The number of aromatic nitrogens is 3. The monoisotopic (exact) mass is 667 g/mol. The van der Waals surface area contributed by atoms with Gasteiger partial charge in [0.1, 0.15) is 11.2 Å². The van der Waals surface area contributed by atoms with Crippen LogP contribution in [-0.4, -0.2) is 15.0 Å². The van der Waals surface area contributed by atoms with Gasteiger partial charge in [0.15, 0.2) is 17.5 Å². The molecule has 1 aliphatic carbocycles. The Labute approximate surface area is 302 Å². The Morgan fingerprint density at radius 3 is 1.79 bits per heavy atom. The molecule has 2 heterocycles. The summed E-state index contributed by atoms with van der Waals surface area (Å²) in [7, 11) is 0. The number of fused-ring (bicyclic) bond motifs is 6. The quantitative estimate of drug-likeness (QED) is 0.183. The highest BCUT2D eigenvalue weighted by atomic mass is 16.3. The van der Waals surface area contributed by atoms with E-state index in [1.54, 1.807) is 0 Å². The number of furan rings is 1. The van der Waals surface area contributed by atoms with Gasteiger partial charge in [-0.25, -0.2) is 15.0 Å². The molecule has 0 aliphatic heterocycles. The average molecular weight is 668 g/mol. The summed E-state index contributed by atoms with van der Waals surface area (Å²) in [5, 5.41) is 2.10. The summed E-state index contributed by atoms with van der Waals surface area (Å²) in [6.45, 7) is 4.63. The summed E-state index contributed by atoms with van der Waals surface area (Å²) in [5.74, 6) is 1.78. The van der Waals surface area contributed by atoms with E-state index in [1.807, 2.05) is 42.5 Å². The van der Waals surface area contributed by atoms with Gasteiger partial charge in [-0.05, 0) is 62.7 Å². The minimum atomic E-state index is -0.0196. The van der Waals surface area contributed by atoms with E-state index in [0.717, 1.165) is 55.3 Å². The number of hydrogen-bond donors (Lipinski definition) is 0. The van der Waals surface area contributed by atoms with Crippen molar-refractivity contribution in [2.24, 2.45) is 0 Å². The van der Waals surface area contributed by atoms with Crippen LogP contribution in [0.1, 0.15) is 25.0 Å². The molecular weight excluding hydrogens is 635 g/mol. The maximum atomic E-state index is 6.45. The van der Waals surface area contributed by atoms with E-state index < -0.39 is 0 Å². The Morgan fingerprint density at radius 1 is 0.385 bits per heavy atom. The van der Waals surface area contributed by atoms with Crippen LogP contribution in [0.5, 0.6) is 0 Å². The smallest absolute Gasteiger partial charge is 0.167 e. The van der Waals surface area contributed by atoms with Gasteiger partial charge in [0.2, 0.25) is 0 Å². The molecule has 0 radical (unpaired) electrons. The Morgan fingerprint density at radius 2 is 0.962 bits per heavy atom. The average Bonchev–Trinajstić information content (AvgIpc) is 3.70. The van der Waals surface area contributed by atoms with Gasteiger partial charge in [0, 0.05) is 27.3 Å². The van der Waals surface area contributed by atoms with E-state index in [-0.39, 0.29) is 5.41 Å². The lowest BCUT2D eigenvalue weighted by atomic mass is 9.82. The first-order chi connectivity index (χ1) is 25.5. The Balaban J connectivity index is 1.12. The SMILES string of the molecule is CC1(C)c2ccccc2-c2cc(-c3ccc(-c4nc(-c5ccccc5-c5ccccc5)nc(-c5cccc6c5oc5ccccc56)n4)cc3)ccc21. The van der Waals surface area contributed by atoms with Gasteiger partial charge in [-0.1, -0.05) is 159 Å². The van der Waals surface area contributed by atoms with Crippen molar-refractivity contribution >= 4 is 21.9 Å². The largest absolute Gasteiger partial charge is 0.455 e. The van der Waals surface area contributed by atoms with Gasteiger partial charge >= 0.3 is 0 Å². The molecule has 7 aromatic carbocycles. The first-order valence-electron chi connectivity index (χ1n) is 17.7. The molecule has 0 bridgehead atoms. The fourth-order valence-electron chi connectivity index (χ4n) is 7.93. The number of nitrogens with zero attached hydrogens (tertiary/aromatic N) is 3. The van der Waals surface area contributed by atoms with Gasteiger partial charge < -0.3 is 4.42 Å². The lowest BCUT2D eigenvalue weighted by Gasteiger charge is -2.21. The highest BCUT2D eigenvalue weighted by Gasteiger charge is 2.35. The zero-order valence-corrected chi connectivity index (χ0v) is 28.8. The van der Waals surface area contributed by atoms with Gasteiger partial charge in [-0.15, -0.1) is 0 Å². The zero-order valence-electron chi connectivity index (χ0n) is 28.8. The standard InChI is InChI=1S/C48H33N3O/c1-48(2)41-21-10-8-16-35(41)40-29-33(27-28-42(40)48)30-23-25-32(26-24-30)45-49-46(38-18-7-6-15-34(38)31-13-4-3-5-14-31)51-47(50-45)39-20-12-19-37-36-17-9-11-22-43(36)52-44(37)39/h3-29H,1-2H3. The third kappa shape index (κ3) is 4.79. The molecule has 0 saturated carbocycles. The highest BCUT2D eigenvalue weighted by molar-refractivity contribution is 6.09. The summed E-state index contributed by atoms with van der Waals surface area (Å²) in [6, 6.07) is 57.2. The molecule has 9 aromatic rings. The Bertz CT molecular complexity index is 2810. The van der Waals surface area contributed by atoms with E-state index in [2.05, 4.69) is 135 Å². The van der Waals surface area contributed by atoms with Crippen LogP contribution in [0, 0.1) is 0 Å². The first-order valence-corrected chi connectivity index (χ1v) is 17.7. The van der Waals surface area contributed by atoms with Crippen LogP contribution in [0.3, 0.4) is 0 Å². The van der Waals surface area contributed by atoms with Crippen LogP contribution in [-0.2, 0) is 5.41 Å². The predicted molar refractivity (Wildman–Crippen MR) is 212 cm³/mol. The van der Waals surface area contributed by atoms with Crippen LogP contribution in [0.15, 0.2) is 168 Å². The van der Waals surface area contributed by atoms with Crippen molar-refractivity contribution < 1.29 is 4.42 Å². The fraction of sp³-hybridized carbons (Fsp3) is 0.0625. The molecule has 0 unspecified atom stereocenters. The minimum absolute atomic E-state index is 0.0196. The molecule has 246 valence electrons. The van der Waals surface area contributed by atoms with Crippen LogP contribution in [0.4, 0.5) is 0 Å². The molecule has 0 fully saturated rings. The molecule has 0 amide bonds. The van der Waals surface area contributed by atoms with Crippen molar-refractivity contribution in [2.45, 2.75) is 19.3 Å². The lowest BCUT2D eigenvalue weighted by molar-refractivity contribution is 0.660. The van der Waals surface area contributed by atoms with Crippen LogP contribution < -0.4 is 0 Å². The van der Waals surface area contributed by atoms with E-state index in [4.69, 9.17) is 19.4 Å². The number of hydrogen-bond acceptors (Lipinski definition) is 4. The second kappa shape index (κ2) is 11.7. The predicted octanol–water partition coefficient (Wildman–Crippen LogP) is 12.4. The van der Waals surface area contributed by atoms with Gasteiger partial charge in [-0.3, -0.25) is 0 Å². The summed E-state index contributed by atoms with van der Waals surface area (Å²) < 4.78 is 6.45. The third-order valence-corrected chi connectivity index (χ3v) is 10.6.